The van der Waals surface area contributed by atoms with Gasteiger partial charge in [-0.2, -0.15) is 0 Å². The Bertz CT molecular complexity index is 1050. The Morgan fingerprint density at radius 3 is 2.43 bits per heavy atom. The second-order valence-electron chi connectivity index (χ2n) is 12.7. The van der Waals surface area contributed by atoms with Crippen molar-refractivity contribution in [1.82, 2.24) is 14.9 Å². The molecule has 1 saturated carbocycles. The lowest BCUT2D eigenvalue weighted by molar-refractivity contribution is 0.0692. The van der Waals surface area contributed by atoms with Gasteiger partial charge in [0, 0.05) is 55.2 Å². The highest BCUT2D eigenvalue weighted by molar-refractivity contribution is 5.95. The second kappa shape index (κ2) is 12.0. The molecule has 0 aromatic carbocycles. The van der Waals surface area contributed by atoms with Gasteiger partial charge in [-0.05, 0) is 54.9 Å². The average molecular weight is 509 g/mol. The molecule has 1 aliphatic carbocycles. The van der Waals surface area contributed by atoms with Crippen LogP contribution in [0.4, 0.5) is 5.82 Å². The maximum atomic E-state index is 13.5. The van der Waals surface area contributed by atoms with Gasteiger partial charge in [0.15, 0.2) is 0 Å². The van der Waals surface area contributed by atoms with Crippen LogP contribution < -0.4 is 10.6 Å². The van der Waals surface area contributed by atoms with Crippen molar-refractivity contribution in [3.8, 4) is 11.1 Å². The maximum Gasteiger partial charge on any atom is 0.268 e. The van der Waals surface area contributed by atoms with E-state index < -0.39 is 0 Å². The zero-order valence-corrected chi connectivity index (χ0v) is 24.0. The Kier molecular flexibility index (Phi) is 8.99. The molecule has 0 bridgehead atoms. The minimum Gasteiger partial charge on any atom is -0.381 e. The lowest BCUT2D eigenvalue weighted by Gasteiger charge is -2.24. The van der Waals surface area contributed by atoms with Gasteiger partial charge < -0.3 is 19.9 Å². The monoisotopic (exact) mass is 508 g/mol. The highest BCUT2D eigenvalue weighted by Gasteiger charge is 2.26. The van der Waals surface area contributed by atoms with Gasteiger partial charge in [0.05, 0.1) is 0 Å². The van der Waals surface area contributed by atoms with Crippen LogP contribution in [-0.2, 0) is 23.6 Å². The number of amides is 1. The van der Waals surface area contributed by atoms with E-state index in [0.29, 0.717) is 11.8 Å². The van der Waals surface area contributed by atoms with Crippen LogP contribution in [0.5, 0.6) is 0 Å². The summed E-state index contributed by atoms with van der Waals surface area (Å²) in [7, 11) is 2.07. The first-order valence-corrected chi connectivity index (χ1v) is 14.5. The summed E-state index contributed by atoms with van der Waals surface area (Å²) >= 11 is 0. The fourth-order valence-electron chi connectivity index (χ4n) is 5.59. The van der Waals surface area contributed by atoms with Crippen molar-refractivity contribution in [3.05, 3.63) is 35.3 Å². The molecule has 0 radical (unpaired) electrons. The van der Waals surface area contributed by atoms with E-state index >= 15 is 0 Å². The van der Waals surface area contributed by atoms with E-state index in [2.05, 4.69) is 75.1 Å². The lowest BCUT2D eigenvalue weighted by Crippen LogP contribution is -2.39. The number of hydrogen-bond acceptors (Lipinski definition) is 4. The molecular formula is C31H48N4O2. The SMILES string of the molecule is CC(C)CNc1cc(-c2cc(C(=O)NC3CCOCC3)n(C)c2CC2CCCCC2)cc(C(C)(C)C)n1. The molecule has 2 fully saturated rings. The van der Waals surface area contributed by atoms with Crippen LogP contribution in [0.3, 0.4) is 0 Å². The zero-order chi connectivity index (χ0) is 26.6. The number of aromatic nitrogens is 2. The number of hydrogen-bond donors (Lipinski definition) is 2. The predicted octanol–water partition coefficient (Wildman–Crippen LogP) is 6.48. The molecule has 2 aromatic heterocycles. The number of ether oxygens (including phenoxy) is 1. The van der Waals surface area contributed by atoms with Crippen LogP contribution in [0.15, 0.2) is 18.2 Å². The van der Waals surface area contributed by atoms with Crippen molar-refractivity contribution in [1.29, 1.82) is 0 Å². The van der Waals surface area contributed by atoms with Crippen LogP contribution >= 0.6 is 0 Å². The van der Waals surface area contributed by atoms with E-state index in [1.165, 1.54) is 43.4 Å². The van der Waals surface area contributed by atoms with Crippen molar-refractivity contribution >= 4 is 11.7 Å². The van der Waals surface area contributed by atoms with Crippen molar-refractivity contribution in [2.45, 2.75) is 97.4 Å². The first-order valence-electron chi connectivity index (χ1n) is 14.5. The highest BCUT2D eigenvalue weighted by atomic mass is 16.5. The summed E-state index contributed by atoms with van der Waals surface area (Å²) in [4.78, 5) is 18.5. The van der Waals surface area contributed by atoms with E-state index in [-0.39, 0.29) is 17.4 Å². The Hall–Kier alpha value is -2.34. The number of carbonyl (C=O) groups is 1. The number of pyridine rings is 1. The highest BCUT2D eigenvalue weighted by Crippen LogP contribution is 2.36. The standard InChI is InChI=1S/C31H48N4O2/c1-21(2)20-32-29-18-23(17-28(34-29)31(3,4)5)25-19-27(30(36)33-24-12-14-37-15-13-24)35(6)26(25)16-22-10-8-7-9-11-22/h17-19,21-22,24H,7-16,20H2,1-6H3,(H,32,34)(H,33,36). The van der Waals surface area contributed by atoms with E-state index in [1.807, 2.05) is 0 Å². The average Bonchev–Trinajstić information content (AvgIpc) is 3.19. The fourth-order valence-corrected chi connectivity index (χ4v) is 5.59. The lowest BCUT2D eigenvalue weighted by atomic mass is 9.84. The van der Waals surface area contributed by atoms with Crippen molar-refractivity contribution in [2.24, 2.45) is 18.9 Å². The van der Waals surface area contributed by atoms with Gasteiger partial charge in [-0.15, -0.1) is 0 Å². The summed E-state index contributed by atoms with van der Waals surface area (Å²) in [5, 5.41) is 6.84. The second-order valence-corrected chi connectivity index (χ2v) is 12.7. The molecule has 1 amide bonds. The number of rotatable bonds is 8. The molecule has 1 saturated heterocycles. The van der Waals surface area contributed by atoms with Crippen LogP contribution in [0.25, 0.3) is 11.1 Å². The van der Waals surface area contributed by atoms with Crippen molar-refractivity contribution in [2.75, 3.05) is 25.1 Å². The molecule has 6 heteroatoms. The molecule has 0 atom stereocenters. The summed E-state index contributed by atoms with van der Waals surface area (Å²) in [6.07, 6.45) is 9.29. The minimum atomic E-state index is -0.0775. The summed E-state index contributed by atoms with van der Waals surface area (Å²) < 4.78 is 7.66. The van der Waals surface area contributed by atoms with Gasteiger partial charge in [0.25, 0.3) is 5.91 Å². The normalized spacial score (nSPS) is 17.8. The Labute approximate surface area is 224 Å². The Morgan fingerprint density at radius 2 is 1.78 bits per heavy atom. The fraction of sp³-hybridized carbons (Fsp3) is 0.677. The summed E-state index contributed by atoms with van der Waals surface area (Å²) in [5.74, 6) is 2.14. The van der Waals surface area contributed by atoms with Crippen LogP contribution in [0.2, 0.25) is 0 Å². The van der Waals surface area contributed by atoms with Gasteiger partial charge in [-0.1, -0.05) is 66.7 Å². The van der Waals surface area contributed by atoms with Crippen LogP contribution in [-0.4, -0.2) is 41.3 Å². The Morgan fingerprint density at radius 1 is 1.08 bits per heavy atom. The molecule has 1 aliphatic heterocycles. The van der Waals surface area contributed by atoms with Gasteiger partial charge in [0.2, 0.25) is 0 Å². The predicted molar refractivity (Wildman–Crippen MR) is 152 cm³/mol. The molecule has 3 heterocycles. The zero-order valence-electron chi connectivity index (χ0n) is 24.0. The number of anilines is 1. The van der Waals surface area contributed by atoms with Gasteiger partial charge in [0.1, 0.15) is 11.5 Å². The van der Waals surface area contributed by atoms with Crippen LogP contribution in [0, 0.1) is 11.8 Å². The van der Waals surface area contributed by atoms with Crippen LogP contribution in [0.1, 0.15) is 101 Å². The summed E-state index contributed by atoms with van der Waals surface area (Å²) in [6.45, 7) is 13.4. The van der Waals surface area contributed by atoms with E-state index in [0.717, 1.165) is 61.8 Å². The molecule has 2 N–H and O–H groups in total. The van der Waals surface area contributed by atoms with Gasteiger partial charge in [-0.3, -0.25) is 4.79 Å². The summed E-state index contributed by atoms with van der Waals surface area (Å²) in [5.41, 5.74) is 5.33. The first kappa shape index (κ1) is 27.7. The molecule has 2 aromatic rings. The minimum absolute atomic E-state index is 0.0220. The molecule has 0 unspecified atom stereocenters. The first-order chi connectivity index (χ1) is 17.6. The summed E-state index contributed by atoms with van der Waals surface area (Å²) in [6, 6.07) is 6.72. The quantitative estimate of drug-likeness (QED) is 0.428. The smallest absolute Gasteiger partial charge is 0.268 e. The third-order valence-electron chi connectivity index (χ3n) is 7.95. The number of nitrogens with zero attached hydrogens (tertiary/aromatic N) is 2. The number of carbonyl (C=O) groups excluding carboxylic acids is 1. The molecule has 6 nitrogen and oxygen atoms in total. The van der Waals surface area contributed by atoms with E-state index in [1.54, 1.807) is 0 Å². The topological polar surface area (TPSA) is 68.2 Å². The maximum absolute atomic E-state index is 13.5. The van der Waals surface area contributed by atoms with E-state index in [9.17, 15) is 4.79 Å². The largest absolute Gasteiger partial charge is 0.381 e. The molecule has 2 aliphatic rings. The van der Waals surface area contributed by atoms with E-state index in [4.69, 9.17) is 9.72 Å². The molecule has 0 spiro atoms. The van der Waals surface area contributed by atoms with Crippen molar-refractivity contribution in [3.63, 3.8) is 0 Å². The third kappa shape index (κ3) is 7.16. The number of nitrogens with one attached hydrogen (secondary N) is 2. The van der Waals surface area contributed by atoms with Crippen molar-refractivity contribution < 1.29 is 9.53 Å². The molecule has 204 valence electrons. The van der Waals surface area contributed by atoms with Gasteiger partial charge in [-0.25, -0.2) is 4.98 Å². The molecule has 4 rings (SSSR count). The van der Waals surface area contributed by atoms with Gasteiger partial charge >= 0.3 is 0 Å². The third-order valence-corrected chi connectivity index (χ3v) is 7.95. The Balaban J connectivity index is 1.74. The molecular weight excluding hydrogens is 460 g/mol. The molecule has 37 heavy (non-hydrogen) atoms.